The molecule has 3 nitrogen and oxygen atoms in total. The molecular weight excluding hydrogens is 190 g/mol. The van der Waals surface area contributed by atoms with Crippen LogP contribution >= 0.6 is 0 Å². The van der Waals surface area contributed by atoms with Crippen LogP contribution in [0.1, 0.15) is 37.9 Å². The van der Waals surface area contributed by atoms with E-state index >= 15 is 0 Å². The van der Waals surface area contributed by atoms with Crippen molar-refractivity contribution in [2.75, 3.05) is 0 Å². The molecule has 3 heteroatoms. The van der Waals surface area contributed by atoms with Gasteiger partial charge < -0.3 is 9.73 Å². The molecule has 0 atom stereocenters. The number of carbonyl (C=O) groups excluding carboxylic acids is 1. The normalized spacial score (nSPS) is 16.8. The molecule has 1 aliphatic rings. The Kier molecular flexibility index (Phi) is 3.43. The summed E-state index contributed by atoms with van der Waals surface area (Å²) in [4.78, 5) is 11.5. The highest BCUT2D eigenvalue weighted by Crippen LogP contribution is 2.17. The van der Waals surface area contributed by atoms with E-state index in [1.165, 1.54) is 12.8 Å². The standard InChI is InChI=1S/C12H17NO2/c14-12(13-10-4-1-2-5-10)8-7-11-6-3-9-15-11/h3,6,9-10H,1-2,4-5,7-8H2,(H,13,14). The molecule has 1 aromatic heterocycles. The minimum absolute atomic E-state index is 0.151. The first kappa shape index (κ1) is 10.3. The van der Waals surface area contributed by atoms with Gasteiger partial charge in [0.1, 0.15) is 5.76 Å². The third-order valence-electron chi connectivity index (χ3n) is 2.90. The maximum Gasteiger partial charge on any atom is 0.220 e. The van der Waals surface area contributed by atoms with Crippen molar-refractivity contribution in [3.63, 3.8) is 0 Å². The Bertz CT molecular complexity index is 299. The van der Waals surface area contributed by atoms with Gasteiger partial charge in [0.15, 0.2) is 0 Å². The molecule has 0 spiro atoms. The summed E-state index contributed by atoms with van der Waals surface area (Å²) in [5, 5.41) is 3.06. The molecule has 1 aromatic rings. The Balaban J connectivity index is 1.68. The van der Waals surface area contributed by atoms with Crippen LogP contribution in [0.4, 0.5) is 0 Å². The number of hydrogen-bond acceptors (Lipinski definition) is 2. The molecule has 1 saturated carbocycles. The topological polar surface area (TPSA) is 42.2 Å². The molecule has 1 N–H and O–H groups in total. The summed E-state index contributed by atoms with van der Waals surface area (Å²) in [6, 6.07) is 4.18. The molecule has 0 aliphatic heterocycles. The average Bonchev–Trinajstić information content (AvgIpc) is 2.86. The van der Waals surface area contributed by atoms with E-state index < -0.39 is 0 Å². The van der Waals surface area contributed by atoms with Crippen LogP contribution in [0.5, 0.6) is 0 Å². The summed E-state index contributed by atoms with van der Waals surface area (Å²) in [7, 11) is 0. The Morgan fingerprint density at radius 1 is 1.47 bits per heavy atom. The van der Waals surface area contributed by atoms with E-state index in [1.54, 1.807) is 6.26 Å². The summed E-state index contributed by atoms with van der Waals surface area (Å²) < 4.78 is 5.17. The largest absolute Gasteiger partial charge is 0.469 e. The molecule has 2 rings (SSSR count). The predicted octanol–water partition coefficient (Wildman–Crippen LogP) is 2.27. The second kappa shape index (κ2) is 5.01. The van der Waals surface area contributed by atoms with Gasteiger partial charge in [-0.3, -0.25) is 4.79 Å². The van der Waals surface area contributed by atoms with Crippen LogP contribution in [0.3, 0.4) is 0 Å². The number of amides is 1. The molecule has 1 fully saturated rings. The van der Waals surface area contributed by atoms with Crippen molar-refractivity contribution in [3.05, 3.63) is 24.2 Å². The predicted molar refractivity (Wildman–Crippen MR) is 57.4 cm³/mol. The van der Waals surface area contributed by atoms with Crippen LogP contribution in [-0.2, 0) is 11.2 Å². The minimum Gasteiger partial charge on any atom is -0.469 e. The van der Waals surface area contributed by atoms with Gasteiger partial charge in [0, 0.05) is 18.9 Å². The Morgan fingerprint density at radius 3 is 2.93 bits per heavy atom. The summed E-state index contributed by atoms with van der Waals surface area (Å²) in [6.07, 6.45) is 7.67. The molecule has 0 unspecified atom stereocenters. The lowest BCUT2D eigenvalue weighted by atomic mass is 10.2. The van der Waals surface area contributed by atoms with Gasteiger partial charge in [-0.1, -0.05) is 12.8 Å². The Labute approximate surface area is 89.9 Å². The van der Waals surface area contributed by atoms with Crippen molar-refractivity contribution in [3.8, 4) is 0 Å². The molecule has 1 amide bonds. The van der Waals surface area contributed by atoms with Gasteiger partial charge in [-0.05, 0) is 25.0 Å². The highest BCUT2D eigenvalue weighted by atomic mass is 16.3. The third kappa shape index (κ3) is 3.11. The van der Waals surface area contributed by atoms with Crippen molar-refractivity contribution in [2.45, 2.75) is 44.6 Å². The van der Waals surface area contributed by atoms with E-state index in [1.807, 2.05) is 12.1 Å². The second-order valence-corrected chi connectivity index (χ2v) is 4.13. The minimum atomic E-state index is 0.151. The maximum absolute atomic E-state index is 11.5. The van der Waals surface area contributed by atoms with Gasteiger partial charge in [0.05, 0.1) is 6.26 Å². The molecule has 1 aliphatic carbocycles. The van der Waals surface area contributed by atoms with E-state index in [9.17, 15) is 4.79 Å². The van der Waals surface area contributed by atoms with Gasteiger partial charge in [0.25, 0.3) is 0 Å². The van der Waals surface area contributed by atoms with E-state index in [2.05, 4.69) is 5.32 Å². The summed E-state index contributed by atoms with van der Waals surface area (Å²) in [5.41, 5.74) is 0. The van der Waals surface area contributed by atoms with Crippen LogP contribution < -0.4 is 5.32 Å². The fourth-order valence-corrected chi connectivity index (χ4v) is 2.06. The van der Waals surface area contributed by atoms with E-state index in [-0.39, 0.29) is 5.91 Å². The van der Waals surface area contributed by atoms with Crippen molar-refractivity contribution < 1.29 is 9.21 Å². The highest BCUT2D eigenvalue weighted by molar-refractivity contribution is 5.76. The first-order chi connectivity index (χ1) is 7.34. The fraction of sp³-hybridized carbons (Fsp3) is 0.583. The van der Waals surface area contributed by atoms with Crippen LogP contribution in [0, 0.1) is 0 Å². The van der Waals surface area contributed by atoms with Gasteiger partial charge in [-0.2, -0.15) is 0 Å². The molecular formula is C12H17NO2. The third-order valence-corrected chi connectivity index (χ3v) is 2.90. The van der Waals surface area contributed by atoms with Crippen LogP contribution in [0.25, 0.3) is 0 Å². The quantitative estimate of drug-likeness (QED) is 0.823. The molecule has 82 valence electrons. The van der Waals surface area contributed by atoms with Gasteiger partial charge in [-0.25, -0.2) is 0 Å². The summed E-state index contributed by atoms with van der Waals surface area (Å²) in [6.45, 7) is 0. The number of nitrogens with one attached hydrogen (secondary N) is 1. The monoisotopic (exact) mass is 207 g/mol. The van der Waals surface area contributed by atoms with Gasteiger partial charge in [-0.15, -0.1) is 0 Å². The van der Waals surface area contributed by atoms with Crippen LogP contribution in [-0.4, -0.2) is 11.9 Å². The van der Waals surface area contributed by atoms with Crippen molar-refractivity contribution >= 4 is 5.91 Å². The van der Waals surface area contributed by atoms with Crippen LogP contribution in [0.2, 0.25) is 0 Å². The molecule has 0 aromatic carbocycles. The van der Waals surface area contributed by atoms with Crippen molar-refractivity contribution in [1.82, 2.24) is 5.32 Å². The smallest absolute Gasteiger partial charge is 0.220 e. The molecule has 15 heavy (non-hydrogen) atoms. The number of rotatable bonds is 4. The zero-order chi connectivity index (χ0) is 10.5. The van der Waals surface area contributed by atoms with Crippen LogP contribution in [0.15, 0.2) is 22.8 Å². The maximum atomic E-state index is 11.5. The lowest BCUT2D eigenvalue weighted by molar-refractivity contribution is -0.121. The number of furan rings is 1. The number of aryl methyl sites for hydroxylation is 1. The fourth-order valence-electron chi connectivity index (χ4n) is 2.06. The average molecular weight is 207 g/mol. The zero-order valence-electron chi connectivity index (χ0n) is 8.87. The van der Waals surface area contributed by atoms with E-state index in [0.29, 0.717) is 18.9 Å². The second-order valence-electron chi connectivity index (χ2n) is 4.13. The Hall–Kier alpha value is -1.25. The molecule has 0 saturated heterocycles. The first-order valence-electron chi connectivity index (χ1n) is 5.66. The van der Waals surface area contributed by atoms with E-state index in [4.69, 9.17) is 4.42 Å². The van der Waals surface area contributed by atoms with E-state index in [0.717, 1.165) is 18.6 Å². The summed E-state index contributed by atoms with van der Waals surface area (Å²) >= 11 is 0. The summed E-state index contributed by atoms with van der Waals surface area (Å²) in [5.74, 6) is 1.04. The highest BCUT2D eigenvalue weighted by Gasteiger charge is 2.16. The zero-order valence-corrected chi connectivity index (χ0v) is 8.87. The molecule has 0 bridgehead atoms. The molecule has 0 radical (unpaired) electrons. The van der Waals surface area contributed by atoms with Crippen molar-refractivity contribution in [1.29, 1.82) is 0 Å². The number of carbonyl (C=O) groups is 1. The number of hydrogen-bond donors (Lipinski definition) is 1. The lowest BCUT2D eigenvalue weighted by Crippen LogP contribution is -2.32. The lowest BCUT2D eigenvalue weighted by Gasteiger charge is -2.10. The Morgan fingerprint density at radius 2 is 2.27 bits per heavy atom. The van der Waals surface area contributed by atoms with Gasteiger partial charge in [0.2, 0.25) is 5.91 Å². The van der Waals surface area contributed by atoms with Gasteiger partial charge >= 0.3 is 0 Å². The van der Waals surface area contributed by atoms with Crippen molar-refractivity contribution in [2.24, 2.45) is 0 Å². The first-order valence-corrected chi connectivity index (χ1v) is 5.66. The molecule has 1 heterocycles. The SMILES string of the molecule is O=C(CCc1ccco1)NC1CCCC1.